The van der Waals surface area contributed by atoms with E-state index in [0.717, 1.165) is 24.5 Å². The van der Waals surface area contributed by atoms with Crippen molar-refractivity contribution in [3.8, 4) is 18.1 Å². The van der Waals surface area contributed by atoms with Crippen molar-refractivity contribution in [2.75, 3.05) is 65.4 Å². The molecule has 0 saturated carbocycles. The summed E-state index contributed by atoms with van der Waals surface area (Å²) in [5.74, 6) is -22.2. The Morgan fingerprint density at radius 1 is 0.617 bits per heavy atom. The number of benzene rings is 3. The molecule has 3 aliphatic rings. The number of aliphatic carboxylic acids is 2. The van der Waals surface area contributed by atoms with Crippen LogP contribution in [0.3, 0.4) is 0 Å². The Hall–Kier alpha value is -14.1. The number of nitrogens with two attached hydrogens (primary N) is 3. The largest absolute Gasteiger partial charge is 0.508 e. The number of para-hydroxylation sites is 2. The molecule has 0 unspecified atom stereocenters. The van der Waals surface area contributed by atoms with E-state index in [1.54, 1.807) is 82.4 Å². The third-order valence-electron chi connectivity index (χ3n) is 25.0. The van der Waals surface area contributed by atoms with Gasteiger partial charge in [-0.3, -0.25) is 95.9 Å². The highest BCUT2D eigenvalue weighted by molar-refractivity contribution is 8.00. The van der Waals surface area contributed by atoms with Gasteiger partial charge in [-0.15, -0.1) is 24.1 Å². The fourth-order valence-corrected chi connectivity index (χ4v) is 18.1. The van der Waals surface area contributed by atoms with Gasteiger partial charge in [-0.2, -0.15) is 0 Å². The molecule has 0 radical (unpaired) electrons. The number of carbonyl (C=O) groups is 20. The second-order valence-electron chi connectivity index (χ2n) is 36.0. The van der Waals surface area contributed by atoms with Gasteiger partial charge in [0.25, 0.3) is 0 Å². The molecule has 0 bridgehead atoms. The molecule has 5 heterocycles. The monoisotopic (exact) mass is 1980 g/mol. The molecule has 5 aromatic rings. The van der Waals surface area contributed by atoms with E-state index in [1.165, 1.54) is 63.1 Å². The average molecular weight is 1980 g/mol. The van der Waals surface area contributed by atoms with Crippen LogP contribution < -0.4 is 70.4 Å². The van der Waals surface area contributed by atoms with Crippen molar-refractivity contribution in [3.63, 3.8) is 0 Å². The SMILES string of the molecule is C#CC[C@H](NC(=O)CNC(=O)[C@@H]1CSCC(=O)N[C@@H](Cc2ccc(O)cc2)C(=O)N(C)[C@@H](C)C(=O)N[C@@H](CC(N)=O)C(=O)N2CCC[C@H]2C(=O)N[C@@H](CN)C(=O)N[C@@H](CC(C)C)C(=O)N2C[C@H](O)C[C@H]2C(=O)C[C@@H](Cc2c[nH]c3ccccc23)C(=O)N[C@@H](CO)C(=O)N[C@@H](Cc2cn(CC(=O)O)c3ccccc23)C(=O)N(C)[C@@H](CCCC)C(=O)N(C)[C@@H](CCCC)C(=O)N[C@@H](CCC(=O)O)C(=O)N1)C(N)=O. The van der Waals surface area contributed by atoms with Crippen LogP contribution in [0.15, 0.2) is 85.2 Å². The molecule has 0 spiro atoms. The van der Waals surface area contributed by atoms with Crippen molar-refractivity contribution in [1.29, 1.82) is 0 Å². The summed E-state index contributed by atoms with van der Waals surface area (Å²) in [6.07, 6.45) is 3.09. The van der Waals surface area contributed by atoms with Crippen LogP contribution >= 0.6 is 11.8 Å². The Kier molecular flexibility index (Phi) is 42.5. The first-order chi connectivity index (χ1) is 66.9. The first kappa shape index (κ1) is 112. The molecule has 8 rings (SSSR count). The fourth-order valence-electron chi connectivity index (χ4n) is 17.3. The molecule has 0 aliphatic carbocycles. The van der Waals surface area contributed by atoms with E-state index in [-0.39, 0.29) is 94.4 Å². The lowest BCUT2D eigenvalue weighted by molar-refractivity contribution is -0.149. The highest BCUT2D eigenvalue weighted by atomic mass is 32.2. The number of aromatic amines is 1. The van der Waals surface area contributed by atoms with E-state index in [1.807, 2.05) is 0 Å². The quantitative estimate of drug-likeness (QED) is 0.0210. The molecule has 766 valence electrons. The predicted octanol–water partition coefficient (Wildman–Crippen LogP) is -3.18. The van der Waals surface area contributed by atoms with Crippen LogP contribution in [-0.2, 0) is 122 Å². The number of aromatic hydroxyl groups is 1. The minimum atomic E-state index is -1.97. The number of likely N-dealkylation sites (N-methyl/N-ethyl adjacent to an activating group) is 3. The summed E-state index contributed by atoms with van der Waals surface area (Å²) in [6, 6.07) is -4.15. The van der Waals surface area contributed by atoms with Gasteiger partial charge in [-0.25, -0.2) is 0 Å². The Morgan fingerprint density at radius 3 is 1.85 bits per heavy atom. The van der Waals surface area contributed by atoms with E-state index < -0.39 is 291 Å². The molecule has 17 amide bonds. The van der Waals surface area contributed by atoms with Gasteiger partial charge in [0.1, 0.15) is 90.8 Å². The Bertz CT molecular complexity index is 5430. The number of hydrogen-bond donors (Lipinski definition) is 19. The zero-order valence-electron chi connectivity index (χ0n) is 80.1. The van der Waals surface area contributed by atoms with E-state index in [4.69, 9.17) is 23.6 Å². The first-order valence-electron chi connectivity index (χ1n) is 46.8. The number of amides is 17. The van der Waals surface area contributed by atoms with Crippen LogP contribution in [-0.4, -0.2) is 334 Å². The summed E-state index contributed by atoms with van der Waals surface area (Å²) in [6.45, 7) is 4.31. The standard InChI is InChI=1S/C95H130N20O25S/c1-10-13-24-72-89(134)103-63(32-33-80(123)124)86(131)109-70(85(130)100-44-78(121)101-62(20-12-3)82(98)127)49-141-50-79(122)102-65(36-53-28-30-57(117)31-29-53)91(136)110(7)52(6)83(128)104-67(41-77(97)120)93(138)114-34-19-27-73(114)90(135)107-68(42-96)87(132)105-64(35-51(4)5)94(139)115-46-58(118)40-75(115)76(119)39-54(37-55-43-99-61-23-17-15-21-59(55)61)84(129)108-69(48-116)88(133)106-66(92(137)112(9)74(25-14-11-2)95(140)111(72)8)38-56-45-113(47-81(125)126)71-26-18-16-22-60(56)71/h3,15-18,21-23,26,28-31,43,45,51-52,54,58,62-70,72-75,99,116-118H,10-11,13-14,19-20,24-25,27,32-42,44,46-50,96H2,1-2,4-9H3,(H2,97,120)(H2,98,127)(H,100,130)(H,101,121)(H,102,122)(H,103,134)(H,104,128)(H,105,132)(H,106,133)(H,107,135)(H,108,129)(H,109,131)(H,123,124)(H,125,126)/t52-,54+,58+,62-,63-,64-,65-,66-,67-,68-,69-,70-,72-,73-,74-,75-/m0/s1. The number of unbranched alkanes of at least 4 members (excludes halogenated alkanes) is 2. The highest BCUT2D eigenvalue weighted by Gasteiger charge is 2.47. The molecule has 46 heteroatoms. The lowest BCUT2D eigenvalue weighted by Crippen LogP contribution is -2.61. The normalized spacial score (nSPS) is 24.4. The molecule has 16 atom stereocenters. The van der Waals surface area contributed by atoms with Crippen LogP contribution in [0.4, 0.5) is 0 Å². The number of aromatic nitrogens is 2. The number of Topliss-reactive ketones (excluding diaryl/α,β-unsaturated/α-hetero) is 1. The number of carboxylic acid groups (broad SMARTS) is 2. The number of carboxylic acids is 2. The van der Waals surface area contributed by atoms with Crippen LogP contribution in [0.2, 0.25) is 0 Å². The topological polar surface area (TPSA) is 678 Å². The minimum absolute atomic E-state index is 0.0481. The number of primary amides is 2. The van der Waals surface area contributed by atoms with Crippen LogP contribution in [0.1, 0.15) is 148 Å². The zero-order chi connectivity index (χ0) is 104. The molecule has 3 saturated heterocycles. The Morgan fingerprint density at radius 2 is 1.21 bits per heavy atom. The number of hydrogen-bond acceptors (Lipinski definition) is 25. The number of phenolic OH excluding ortho intramolecular Hbond substituents is 1. The lowest BCUT2D eigenvalue weighted by Gasteiger charge is -2.36. The average Bonchev–Trinajstić information content (AvgIpc) is 1.63. The van der Waals surface area contributed by atoms with Crippen molar-refractivity contribution in [2.24, 2.45) is 29.0 Å². The summed E-state index contributed by atoms with van der Waals surface area (Å²) in [4.78, 5) is 297. The van der Waals surface area contributed by atoms with Gasteiger partial charge in [0.2, 0.25) is 100 Å². The maximum atomic E-state index is 15.9. The molecular weight excluding hydrogens is 1850 g/mol. The van der Waals surface area contributed by atoms with Gasteiger partial charge >= 0.3 is 11.9 Å². The number of thioether (sulfide) groups is 1. The number of nitrogens with one attached hydrogen (secondary N) is 11. The molecule has 141 heavy (non-hydrogen) atoms. The molecule has 3 aliphatic heterocycles. The van der Waals surface area contributed by atoms with Gasteiger partial charge < -0.3 is 130 Å². The third-order valence-corrected chi connectivity index (χ3v) is 26.1. The summed E-state index contributed by atoms with van der Waals surface area (Å²) < 4.78 is 1.38. The Labute approximate surface area is 818 Å². The number of rotatable bonds is 29. The van der Waals surface area contributed by atoms with Gasteiger partial charge in [0.15, 0.2) is 5.78 Å². The van der Waals surface area contributed by atoms with Crippen LogP contribution in [0.25, 0.3) is 21.8 Å². The van der Waals surface area contributed by atoms with Crippen molar-refractivity contribution < 1.29 is 121 Å². The van der Waals surface area contributed by atoms with Crippen molar-refractivity contribution in [2.45, 2.75) is 247 Å². The predicted molar refractivity (Wildman–Crippen MR) is 512 cm³/mol. The number of aliphatic hydroxyl groups is 2. The maximum Gasteiger partial charge on any atom is 0.323 e. The molecule has 2 aromatic heterocycles. The number of ketones is 1. The fraction of sp³-hybridized carbons (Fsp3) is 0.537. The van der Waals surface area contributed by atoms with Crippen molar-refractivity contribution in [3.05, 3.63) is 102 Å². The molecule has 3 fully saturated rings. The summed E-state index contributed by atoms with van der Waals surface area (Å²) >= 11 is 0.644. The van der Waals surface area contributed by atoms with Crippen LogP contribution in [0, 0.1) is 24.2 Å². The molecule has 3 aromatic carbocycles. The zero-order valence-corrected chi connectivity index (χ0v) is 80.9. The first-order valence-corrected chi connectivity index (χ1v) is 47.9. The number of fused-ring (bicyclic) bond motifs is 4. The van der Waals surface area contributed by atoms with Gasteiger partial charge in [-0.1, -0.05) is 102 Å². The highest BCUT2D eigenvalue weighted by Crippen LogP contribution is 2.31. The summed E-state index contributed by atoms with van der Waals surface area (Å²) in [7, 11) is 3.65. The Balaban J connectivity index is 1.22. The van der Waals surface area contributed by atoms with Crippen molar-refractivity contribution in [1.82, 2.24) is 87.2 Å². The second kappa shape index (κ2) is 53.4. The van der Waals surface area contributed by atoms with Gasteiger partial charge in [-0.05, 0) is 98.7 Å². The van der Waals surface area contributed by atoms with E-state index in [2.05, 4.69) is 64.1 Å². The number of H-pyrrole nitrogens is 1. The number of phenols is 1. The third kappa shape index (κ3) is 31.5. The number of carbonyl (C=O) groups excluding carboxylic acids is 18. The van der Waals surface area contributed by atoms with Gasteiger partial charge in [0, 0.05) is 125 Å². The number of terminal acetylenes is 1. The lowest BCUT2D eigenvalue weighted by atomic mass is 9.90. The summed E-state index contributed by atoms with van der Waals surface area (Å²) in [5.41, 5.74) is 19.4. The van der Waals surface area contributed by atoms with E-state index >= 15 is 33.6 Å². The molecule has 45 nitrogen and oxygen atoms in total. The number of nitrogens with zero attached hydrogens (tertiary/aromatic N) is 6. The smallest absolute Gasteiger partial charge is 0.323 e. The number of aliphatic hydroxyl groups excluding tert-OH is 2. The van der Waals surface area contributed by atoms with Gasteiger partial charge in [0.05, 0.1) is 37.5 Å². The minimum Gasteiger partial charge on any atom is -0.508 e. The summed E-state index contributed by atoms with van der Waals surface area (Å²) in [5, 5.41) is 79.3. The second-order valence-corrected chi connectivity index (χ2v) is 37.0. The molecular formula is C95H130N20O25S. The van der Waals surface area contributed by atoms with E-state index in [0.29, 0.717) is 57.5 Å². The van der Waals surface area contributed by atoms with Crippen LogP contribution in [0.5, 0.6) is 5.75 Å². The molecule has 22 N–H and O–H groups in total. The van der Waals surface area contributed by atoms with E-state index in [9.17, 15) is 87.9 Å². The van der Waals surface area contributed by atoms with Crippen molar-refractivity contribution >= 4 is 152 Å². The maximum absolute atomic E-state index is 15.9.